The van der Waals surface area contributed by atoms with Gasteiger partial charge in [0.25, 0.3) is 0 Å². The largest absolute Gasteiger partial charge is 0.493 e. The van der Waals surface area contributed by atoms with Gasteiger partial charge in [-0.1, -0.05) is 12.1 Å². The minimum absolute atomic E-state index is 0.231. The highest BCUT2D eigenvalue weighted by atomic mass is 32.2. The molecule has 0 spiro atoms. The maximum Gasteiger partial charge on any atom is 0.309 e. The van der Waals surface area contributed by atoms with Crippen LogP contribution in [0.2, 0.25) is 0 Å². The van der Waals surface area contributed by atoms with E-state index in [9.17, 15) is 4.79 Å². The van der Waals surface area contributed by atoms with Crippen molar-refractivity contribution in [3.05, 3.63) is 65.5 Å². The summed E-state index contributed by atoms with van der Waals surface area (Å²) in [5.41, 5.74) is 2.70. The molecule has 6 heteroatoms. The Morgan fingerprint density at radius 1 is 1.18 bits per heavy atom. The monoisotopic (exact) mass is 397 g/mol. The zero-order valence-electron chi connectivity index (χ0n) is 16.2. The van der Waals surface area contributed by atoms with Crippen LogP contribution in [-0.2, 0) is 22.4 Å². The van der Waals surface area contributed by atoms with Crippen molar-refractivity contribution in [2.45, 2.75) is 24.7 Å². The first-order valence-corrected chi connectivity index (χ1v) is 10.2. The van der Waals surface area contributed by atoms with E-state index < -0.39 is 0 Å². The lowest BCUT2D eigenvalue weighted by Gasteiger charge is -2.07. The Labute approximate surface area is 169 Å². The molecule has 1 aromatic heterocycles. The predicted octanol–water partition coefficient (Wildman–Crippen LogP) is 4.71. The van der Waals surface area contributed by atoms with E-state index in [1.54, 1.807) is 11.8 Å². The number of hydrogen-bond donors (Lipinski definition) is 0. The van der Waals surface area contributed by atoms with Gasteiger partial charge in [-0.3, -0.25) is 4.79 Å². The van der Waals surface area contributed by atoms with Crippen molar-refractivity contribution in [1.29, 1.82) is 0 Å². The summed E-state index contributed by atoms with van der Waals surface area (Å²) >= 11 is 1.70. The van der Waals surface area contributed by atoms with Crippen molar-refractivity contribution < 1.29 is 18.7 Å². The lowest BCUT2D eigenvalue weighted by molar-refractivity contribution is -0.139. The molecule has 3 aromatic rings. The number of benzene rings is 2. The molecule has 0 atom stereocenters. The minimum Gasteiger partial charge on any atom is -0.493 e. The second-order valence-corrected chi connectivity index (χ2v) is 7.13. The quantitative estimate of drug-likeness (QED) is 0.405. The second-order valence-electron chi connectivity index (χ2n) is 6.25. The molecule has 28 heavy (non-hydrogen) atoms. The Hall–Kier alpha value is -2.73. The lowest BCUT2D eigenvalue weighted by Crippen LogP contribution is -2.06. The Balaban J connectivity index is 1.60. The highest BCUT2D eigenvalue weighted by Crippen LogP contribution is 2.25. The van der Waals surface area contributed by atoms with Crippen LogP contribution in [0.15, 0.2) is 57.8 Å². The van der Waals surface area contributed by atoms with Crippen LogP contribution in [0.3, 0.4) is 0 Å². The van der Waals surface area contributed by atoms with Gasteiger partial charge in [-0.2, -0.15) is 0 Å². The number of hydrogen-bond acceptors (Lipinski definition) is 6. The number of thioether (sulfide) groups is 1. The van der Waals surface area contributed by atoms with Crippen molar-refractivity contribution in [2.75, 3.05) is 20.0 Å². The fourth-order valence-corrected chi connectivity index (χ4v) is 3.17. The first-order valence-electron chi connectivity index (χ1n) is 8.98. The van der Waals surface area contributed by atoms with Gasteiger partial charge in [0, 0.05) is 16.9 Å². The number of ether oxygens (including phenoxy) is 2. The minimum atomic E-state index is -0.270. The molecule has 146 valence electrons. The number of aromatic nitrogens is 1. The van der Waals surface area contributed by atoms with Crippen molar-refractivity contribution in [3.8, 4) is 17.2 Å². The lowest BCUT2D eigenvalue weighted by atomic mass is 10.1. The normalized spacial score (nSPS) is 10.7. The summed E-state index contributed by atoms with van der Waals surface area (Å²) in [4.78, 5) is 17.2. The van der Waals surface area contributed by atoms with Gasteiger partial charge < -0.3 is 13.9 Å². The summed E-state index contributed by atoms with van der Waals surface area (Å²) in [7, 11) is 1.38. The number of oxazole rings is 1. The second kappa shape index (κ2) is 9.46. The van der Waals surface area contributed by atoms with Gasteiger partial charge in [-0.15, -0.1) is 11.8 Å². The zero-order chi connectivity index (χ0) is 19.9. The van der Waals surface area contributed by atoms with Gasteiger partial charge in [0.05, 0.1) is 25.8 Å². The fourth-order valence-electron chi connectivity index (χ4n) is 2.77. The number of esters is 1. The predicted molar refractivity (Wildman–Crippen MR) is 110 cm³/mol. The van der Waals surface area contributed by atoms with Crippen LogP contribution < -0.4 is 4.74 Å². The van der Waals surface area contributed by atoms with Gasteiger partial charge in [-0.05, 0) is 55.1 Å². The molecule has 0 aliphatic heterocycles. The van der Waals surface area contributed by atoms with E-state index in [-0.39, 0.29) is 12.4 Å². The summed E-state index contributed by atoms with van der Waals surface area (Å²) in [5.74, 6) is 1.87. The molecular formula is C22H23NO4S. The summed E-state index contributed by atoms with van der Waals surface area (Å²) in [6, 6.07) is 15.6. The van der Waals surface area contributed by atoms with Crippen molar-refractivity contribution in [2.24, 2.45) is 0 Å². The molecule has 0 aliphatic carbocycles. The highest BCUT2D eigenvalue weighted by molar-refractivity contribution is 7.98. The summed E-state index contributed by atoms with van der Waals surface area (Å²) < 4.78 is 16.4. The molecular weight excluding hydrogens is 374 g/mol. The molecule has 0 saturated carbocycles. The SMILES string of the molecule is COC(=O)Cc1cccc(OCCc2nc(-c3ccc(SC)cc3)oc2C)c1. The molecule has 0 radical (unpaired) electrons. The van der Waals surface area contributed by atoms with Gasteiger partial charge in [0.1, 0.15) is 11.5 Å². The van der Waals surface area contributed by atoms with Crippen LogP contribution in [0, 0.1) is 6.92 Å². The maximum atomic E-state index is 11.4. The standard InChI is InChI=1S/C22H23NO4S/c1-15-20(23-22(27-15)17-7-9-19(28-3)10-8-17)11-12-26-18-6-4-5-16(13-18)14-21(24)25-2/h4-10,13H,11-12,14H2,1-3H3. The molecule has 0 amide bonds. The number of rotatable bonds is 8. The molecule has 5 nitrogen and oxygen atoms in total. The molecule has 3 rings (SSSR count). The van der Waals surface area contributed by atoms with Crippen LogP contribution in [0.4, 0.5) is 0 Å². The third kappa shape index (κ3) is 5.16. The first kappa shape index (κ1) is 20.0. The molecule has 0 saturated heterocycles. The van der Waals surface area contributed by atoms with Crippen LogP contribution in [-0.4, -0.2) is 30.9 Å². The van der Waals surface area contributed by atoms with Gasteiger partial charge in [0.2, 0.25) is 5.89 Å². The van der Waals surface area contributed by atoms with E-state index in [1.807, 2.05) is 49.6 Å². The van der Waals surface area contributed by atoms with E-state index in [2.05, 4.69) is 17.1 Å². The number of carbonyl (C=O) groups is 1. The average molecular weight is 397 g/mol. The van der Waals surface area contributed by atoms with E-state index in [4.69, 9.17) is 13.9 Å². The van der Waals surface area contributed by atoms with E-state index in [0.717, 1.165) is 28.3 Å². The van der Waals surface area contributed by atoms with Crippen molar-refractivity contribution >= 4 is 17.7 Å². The van der Waals surface area contributed by atoms with Crippen LogP contribution in [0.25, 0.3) is 11.5 Å². The van der Waals surface area contributed by atoms with E-state index in [1.165, 1.54) is 12.0 Å². The fraction of sp³-hybridized carbons (Fsp3) is 0.273. The van der Waals surface area contributed by atoms with E-state index >= 15 is 0 Å². The molecule has 0 bridgehead atoms. The Kier molecular flexibility index (Phi) is 6.76. The van der Waals surface area contributed by atoms with Crippen LogP contribution >= 0.6 is 11.8 Å². The van der Waals surface area contributed by atoms with Crippen LogP contribution in [0.5, 0.6) is 5.75 Å². The maximum absolute atomic E-state index is 11.4. The van der Waals surface area contributed by atoms with Gasteiger partial charge >= 0.3 is 5.97 Å². The molecule has 0 unspecified atom stereocenters. The van der Waals surface area contributed by atoms with Crippen molar-refractivity contribution in [3.63, 3.8) is 0 Å². The number of carbonyl (C=O) groups excluding carboxylic acids is 1. The third-order valence-electron chi connectivity index (χ3n) is 4.31. The molecule has 0 aliphatic rings. The Morgan fingerprint density at radius 2 is 1.96 bits per heavy atom. The summed E-state index contributed by atoms with van der Waals surface area (Å²) in [6.07, 6.45) is 2.92. The van der Waals surface area contributed by atoms with Crippen LogP contribution in [0.1, 0.15) is 17.0 Å². The number of aryl methyl sites for hydroxylation is 1. The van der Waals surface area contributed by atoms with Gasteiger partial charge in [0.15, 0.2) is 0 Å². The topological polar surface area (TPSA) is 61.6 Å². The first-order chi connectivity index (χ1) is 13.6. The third-order valence-corrected chi connectivity index (χ3v) is 5.06. The van der Waals surface area contributed by atoms with Gasteiger partial charge in [-0.25, -0.2) is 4.98 Å². The summed E-state index contributed by atoms with van der Waals surface area (Å²) in [6.45, 7) is 2.39. The molecule has 1 heterocycles. The van der Waals surface area contributed by atoms with Crippen molar-refractivity contribution in [1.82, 2.24) is 4.98 Å². The number of methoxy groups -OCH3 is 1. The zero-order valence-corrected chi connectivity index (χ0v) is 17.0. The average Bonchev–Trinajstić information content (AvgIpc) is 3.09. The Morgan fingerprint density at radius 3 is 2.68 bits per heavy atom. The summed E-state index contributed by atoms with van der Waals surface area (Å²) in [5, 5.41) is 0. The van der Waals surface area contributed by atoms with E-state index in [0.29, 0.717) is 18.9 Å². The Bertz CT molecular complexity index is 934. The number of nitrogens with zero attached hydrogens (tertiary/aromatic N) is 1. The molecule has 2 aromatic carbocycles. The smallest absolute Gasteiger partial charge is 0.309 e. The highest BCUT2D eigenvalue weighted by Gasteiger charge is 2.12. The molecule has 0 N–H and O–H groups in total. The molecule has 0 fully saturated rings.